The van der Waals surface area contributed by atoms with Gasteiger partial charge in [-0.25, -0.2) is 4.39 Å². The molecule has 0 aliphatic heterocycles. The third-order valence-electron chi connectivity index (χ3n) is 1.26. The highest BCUT2D eigenvalue weighted by molar-refractivity contribution is 5.03. The van der Waals surface area contributed by atoms with Gasteiger partial charge in [-0.2, -0.15) is 39.5 Å². The van der Waals surface area contributed by atoms with E-state index in [1.165, 1.54) is 0 Å². The van der Waals surface area contributed by atoms with Crippen LogP contribution in [0.1, 0.15) is 0 Å². The maximum atomic E-state index is 12.0. The molecule has 0 rings (SSSR count). The van der Waals surface area contributed by atoms with E-state index in [2.05, 4.69) is 0 Å². The smallest absolute Gasteiger partial charge is 0.229 e. The summed E-state index contributed by atoms with van der Waals surface area (Å²) >= 11 is 0. The highest BCUT2D eigenvalue weighted by atomic mass is 19.4. The van der Waals surface area contributed by atoms with Crippen LogP contribution in [0.4, 0.5) is 43.9 Å². The first-order chi connectivity index (χ1) is 6.31. The molecule has 0 aromatic rings. The van der Waals surface area contributed by atoms with Gasteiger partial charge in [0.25, 0.3) is 6.67 Å². The van der Waals surface area contributed by atoms with Crippen molar-refractivity contribution in [2.24, 2.45) is 0 Å². The molecular formula is C5F10. The molecule has 0 unspecified atom stereocenters. The Labute approximate surface area is 75.9 Å². The summed E-state index contributed by atoms with van der Waals surface area (Å²) in [6.45, 7) is -1.10. The van der Waals surface area contributed by atoms with Crippen LogP contribution in [0, 0.1) is 6.67 Å². The van der Waals surface area contributed by atoms with E-state index in [4.69, 9.17) is 0 Å². The summed E-state index contributed by atoms with van der Waals surface area (Å²) in [5, 5.41) is 0. The first kappa shape index (κ1) is 14.3. The van der Waals surface area contributed by atoms with Crippen molar-refractivity contribution in [3.63, 3.8) is 0 Å². The lowest BCUT2D eigenvalue weighted by atomic mass is 10.1. The quantitative estimate of drug-likeness (QED) is 0.673. The molecule has 0 bridgehead atoms. The predicted octanol–water partition coefficient (Wildman–Crippen LogP) is 3.46. The van der Waals surface area contributed by atoms with E-state index in [0.717, 1.165) is 0 Å². The fourth-order valence-electron chi connectivity index (χ4n) is 0.435. The van der Waals surface area contributed by atoms with Crippen LogP contribution in [0.25, 0.3) is 0 Å². The van der Waals surface area contributed by atoms with Crippen LogP contribution in [0.5, 0.6) is 0 Å². The summed E-state index contributed by atoms with van der Waals surface area (Å²) in [7, 11) is 0. The zero-order valence-electron chi connectivity index (χ0n) is 6.28. The summed E-state index contributed by atoms with van der Waals surface area (Å²) in [5.74, 6) is -20.4. The average Bonchev–Trinajstić information content (AvgIpc) is 2.01. The largest absolute Gasteiger partial charge is 0.460 e. The van der Waals surface area contributed by atoms with Crippen molar-refractivity contribution in [1.29, 1.82) is 0 Å². The monoisotopic (exact) mass is 250 g/mol. The number of halogens is 10. The molecule has 0 nitrogen and oxygen atoms in total. The Bertz CT molecular complexity index is 224. The predicted molar refractivity (Wildman–Crippen MR) is 25.2 cm³/mol. The summed E-state index contributed by atoms with van der Waals surface area (Å²) < 4.78 is 116. The van der Waals surface area contributed by atoms with Gasteiger partial charge in [-0.1, -0.05) is 0 Å². The van der Waals surface area contributed by atoms with Crippen molar-refractivity contribution in [3.05, 3.63) is 6.67 Å². The molecule has 0 aromatic heterocycles. The van der Waals surface area contributed by atoms with Crippen molar-refractivity contribution in [2.75, 3.05) is 0 Å². The fourth-order valence-corrected chi connectivity index (χ4v) is 0.435. The number of alkyl halides is 9. The van der Waals surface area contributed by atoms with Gasteiger partial charge in [-0.05, 0) is 0 Å². The van der Waals surface area contributed by atoms with Gasteiger partial charge >= 0.3 is 23.9 Å². The zero-order valence-corrected chi connectivity index (χ0v) is 6.28. The first-order valence-electron chi connectivity index (χ1n) is 2.89. The molecule has 0 heterocycles. The van der Waals surface area contributed by atoms with Crippen LogP contribution in [0.15, 0.2) is 0 Å². The summed E-state index contributed by atoms with van der Waals surface area (Å²) in [5.41, 5.74) is 0. The minimum absolute atomic E-state index is 1.10. The van der Waals surface area contributed by atoms with Crippen molar-refractivity contribution in [2.45, 2.75) is 23.9 Å². The standard InChI is InChI=1S/C5F10/c6-1-2(7,8)3(9,10)4(11,12)5(13,14)15. The lowest BCUT2D eigenvalue weighted by Gasteiger charge is -2.31. The summed E-state index contributed by atoms with van der Waals surface area (Å²) in [6, 6.07) is 0. The maximum Gasteiger partial charge on any atom is 0.460 e. The Morgan fingerprint density at radius 3 is 1.13 bits per heavy atom. The van der Waals surface area contributed by atoms with Gasteiger partial charge in [0.15, 0.2) is 0 Å². The molecule has 0 aliphatic rings. The fraction of sp³-hybridized carbons (Fsp3) is 0.800. The topological polar surface area (TPSA) is 0 Å². The van der Waals surface area contributed by atoms with Crippen molar-refractivity contribution < 1.29 is 43.9 Å². The lowest BCUT2D eigenvalue weighted by molar-refractivity contribution is -0.392. The van der Waals surface area contributed by atoms with Gasteiger partial charge in [0.05, 0.1) is 0 Å². The molecule has 0 atom stereocenters. The number of hydrogen-bond donors (Lipinski definition) is 0. The van der Waals surface area contributed by atoms with Crippen LogP contribution in [0.3, 0.4) is 0 Å². The maximum absolute atomic E-state index is 12.0. The molecule has 90 valence electrons. The Hall–Kier alpha value is -0.700. The molecule has 0 aromatic carbocycles. The van der Waals surface area contributed by atoms with E-state index < -0.39 is 30.6 Å². The van der Waals surface area contributed by atoms with Crippen molar-refractivity contribution in [3.8, 4) is 0 Å². The molecular weight excluding hydrogens is 250 g/mol. The molecule has 2 radical (unpaired) electrons. The Kier molecular flexibility index (Phi) is 3.25. The van der Waals surface area contributed by atoms with E-state index >= 15 is 0 Å². The highest BCUT2D eigenvalue weighted by Crippen LogP contribution is 2.53. The van der Waals surface area contributed by atoms with Gasteiger partial charge < -0.3 is 0 Å². The second-order valence-electron chi connectivity index (χ2n) is 2.32. The molecule has 0 spiro atoms. The Morgan fingerprint density at radius 1 is 0.600 bits per heavy atom. The van der Waals surface area contributed by atoms with Crippen LogP contribution in [0.2, 0.25) is 0 Å². The highest BCUT2D eigenvalue weighted by Gasteiger charge is 2.82. The molecule has 10 heteroatoms. The molecule has 0 amide bonds. The Morgan fingerprint density at radius 2 is 0.933 bits per heavy atom. The SMILES string of the molecule is F[C]C(F)(F)C(F)(F)C(F)(F)C(F)(F)F. The van der Waals surface area contributed by atoms with Crippen molar-refractivity contribution >= 4 is 0 Å². The van der Waals surface area contributed by atoms with E-state index in [1.54, 1.807) is 0 Å². The lowest BCUT2D eigenvalue weighted by Crippen LogP contribution is -2.60. The van der Waals surface area contributed by atoms with Gasteiger partial charge in [0.2, 0.25) is 0 Å². The van der Waals surface area contributed by atoms with Crippen LogP contribution >= 0.6 is 0 Å². The molecule has 0 fully saturated rings. The summed E-state index contributed by atoms with van der Waals surface area (Å²) in [4.78, 5) is 0. The van der Waals surface area contributed by atoms with E-state index in [-0.39, 0.29) is 0 Å². The molecule has 15 heavy (non-hydrogen) atoms. The second kappa shape index (κ2) is 3.41. The molecule has 0 saturated carbocycles. The van der Waals surface area contributed by atoms with Gasteiger partial charge in [-0.3, -0.25) is 0 Å². The third-order valence-corrected chi connectivity index (χ3v) is 1.26. The number of rotatable bonds is 3. The van der Waals surface area contributed by atoms with Gasteiger partial charge in [0, 0.05) is 0 Å². The van der Waals surface area contributed by atoms with Crippen LogP contribution < -0.4 is 0 Å². The average molecular weight is 250 g/mol. The minimum atomic E-state index is -7.07. The first-order valence-corrected chi connectivity index (χ1v) is 2.89. The second-order valence-corrected chi connectivity index (χ2v) is 2.32. The Balaban J connectivity index is 5.38. The van der Waals surface area contributed by atoms with Crippen molar-refractivity contribution in [1.82, 2.24) is 0 Å². The van der Waals surface area contributed by atoms with Crippen LogP contribution in [-0.4, -0.2) is 23.9 Å². The minimum Gasteiger partial charge on any atom is -0.229 e. The van der Waals surface area contributed by atoms with Crippen LogP contribution in [-0.2, 0) is 0 Å². The normalized spacial score (nSPS) is 15.6. The molecule has 0 saturated heterocycles. The van der Waals surface area contributed by atoms with Gasteiger partial charge in [-0.15, -0.1) is 0 Å². The molecule has 0 aliphatic carbocycles. The van der Waals surface area contributed by atoms with Gasteiger partial charge in [0.1, 0.15) is 0 Å². The van der Waals surface area contributed by atoms with E-state index in [1.807, 2.05) is 0 Å². The number of hydrogen-bond acceptors (Lipinski definition) is 0. The zero-order chi connectivity index (χ0) is 12.7. The summed E-state index contributed by atoms with van der Waals surface area (Å²) in [6.07, 6.45) is -6.93. The molecule has 0 N–H and O–H groups in total. The third kappa shape index (κ3) is 1.98. The van der Waals surface area contributed by atoms with E-state index in [9.17, 15) is 43.9 Å². The van der Waals surface area contributed by atoms with E-state index in [0.29, 0.717) is 0 Å².